The lowest BCUT2D eigenvalue weighted by Crippen LogP contribution is -2.31. The van der Waals surface area contributed by atoms with E-state index in [-0.39, 0.29) is 5.91 Å². The Labute approximate surface area is 77.4 Å². The molecule has 1 amide bonds. The maximum atomic E-state index is 11.0. The molecule has 0 aliphatic carbocycles. The average molecular weight is 179 g/mol. The molecular weight excluding hydrogens is 166 g/mol. The van der Waals surface area contributed by atoms with Crippen molar-refractivity contribution in [3.63, 3.8) is 0 Å². The Hall–Kier alpha value is -1.35. The van der Waals surface area contributed by atoms with Crippen molar-refractivity contribution in [3.8, 4) is 0 Å². The third kappa shape index (κ3) is 3.25. The van der Waals surface area contributed by atoms with Gasteiger partial charge in [0.2, 0.25) is 5.91 Å². The zero-order valence-corrected chi connectivity index (χ0v) is 7.53. The Morgan fingerprint density at radius 3 is 2.62 bits per heavy atom. The van der Waals surface area contributed by atoms with Gasteiger partial charge in [-0.1, -0.05) is 30.3 Å². The lowest BCUT2D eigenvalue weighted by atomic mass is 10.2. The van der Waals surface area contributed by atoms with Crippen LogP contribution in [0.1, 0.15) is 12.5 Å². The number of nitrogens with one attached hydrogen (secondary N) is 1. The molecule has 1 rings (SSSR count). The molecule has 0 heterocycles. The molecule has 13 heavy (non-hydrogen) atoms. The lowest BCUT2D eigenvalue weighted by Gasteiger charge is -2.06. The van der Waals surface area contributed by atoms with E-state index in [2.05, 4.69) is 5.32 Å². The van der Waals surface area contributed by atoms with Crippen molar-refractivity contribution < 1.29 is 9.90 Å². The minimum atomic E-state index is -0.941. The second kappa shape index (κ2) is 4.62. The second-order valence-electron chi connectivity index (χ2n) is 2.88. The van der Waals surface area contributed by atoms with Crippen LogP contribution in [0.25, 0.3) is 0 Å². The van der Waals surface area contributed by atoms with Crippen molar-refractivity contribution in [1.82, 2.24) is 5.32 Å². The Morgan fingerprint density at radius 2 is 2.08 bits per heavy atom. The van der Waals surface area contributed by atoms with E-state index in [0.29, 0.717) is 6.54 Å². The summed E-state index contributed by atoms with van der Waals surface area (Å²) in [5.41, 5.74) is 1.02. The first-order chi connectivity index (χ1) is 6.20. The quantitative estimate of drug-likeness (QED) is 0.717. The monoisotopic (exact) mass is 179 g/mol. The summed E-state index contributed by atoms with van der Waals surface area (Å²) in [6.45, 7) is 1.91. The molecule has 1 aromatic carbocycles. The maximum Gasteiger partial charge on any atom is 0.248 e. The van der Waals surface area contributed by atoms with Gasteiger partial charge in [0.25, 0.3) is 0 Å². The second-order valence-corrected chi connectivity index (χ2v) is 2.88. The fraction of sp³-hybridized carbons (Fsp3) is 0.300. The smallest absolute Gasteiger partial charge is 0.248 e. The van der Waals surface area contributed by atoms with E-state index in [0.717, 1.165) is 5.56 Å². The molecule has 0 saturated heterocycles. The van der Waals surface area contributed by atoms with Gasteiger partial charge >= 0.3 is 0 Å². The molecule has 3 nitrogen and oxygen atoms in total. The predicted molar refractivity (Wildman–Crippen MR) is 50.0 cm³/mol. The maximum absolute atomic E-state index is 11.0. The summed E-state index contributed by atoms with van der Waals surface area (Å²) >= 11 is 0. The summed E-state index contributed by atoms with van der Waals surface area (Å²) in [5.74, 6) is -0.344. The number of aliphatic hydroxyl groups excluding tert-OH is 1. The van der Waals surface area contributed by atoms with Gasteiger partial charge in [-0.05, 0) is 12.5 Å². The van der Waals surface area contributed by atoms with Crippen LogP contribution in [0.2, 0.25) is 0 Å². The molecular formula is C10H13NO2. The van der Waals surface area contributed by atoms with Crippen LogP contribution < -0.4 is 5.32 Å². The highest BCUT2D eigenvalue weighted by Gasteiger charge is 2.06. The molecule has 0 radical (unpaired) electrons. The number of benzene rings is 1. The Balaban J connectivity index is 2.40. The van der Waals surface area contributed by atoms with Crippen LogP contribution in [-0.2, 0) is 11.3 Å². The van der Waals surface area contributed by atoms with Crippen molar-refractivity contribution in [2.45, 2.75) is 19.6 Å². The van der Waals surface area contributed by atoms with E-state index in [1.807, 2.05) is 30.3 Å². The molecule has 70 valence electrons. The molecule has 0 fully saturated rings. The van der Waals surface area contributed by atoms with Crippen LogP contribution >= 0.6 is 0 Å². The molecule has 0 aromatic heterocycles. The van der Waals surface area contributed by atoms with Crippen molar-refractivity contribution in [3.05, 3.63) is 35.9 Å². The largest absolute Gasteiger partial charge is 0.384 e. The van der Waals surface area contributed by atoms with Crippen LogP contribution in [0.5, 0.6) is 0 Å². The van der Waals surface area contributed by atoms with E-state index >= 15 is 0 Å². The van der Waals surface area contributed by atoms with Gasteiger partial charge in [-0.25, -0.2) is 0 Å². The van der Waals surface area contributed by atoms with E-state index in [9.17, 15) is 4.79 Å². The van der Waals surface area contributed by atoms with E-state index in [1.54, 1.807) is 0 Å². The van der Waals surface area contributed by atoms with E-state index < -0.39 is 6.10 Å². The van der Waals surface area contributed by atoms with Crippen LogP contribution in [0, 0.1) is 0 Å². The van der Waals surface area contributed by atoms with Crippen LogP contribution in [0.4, 0.5) is 0 Å². The molecule has 0 aliphatic heterocycles. The fourth-order valence-corrected chi connectivity index (χ4v) is 0.933. The Kier molecular flexibility index (Phi) is 3.46. The third-order valence-corrected chi connectivity index (χ3v) is 1.69. The first-order valence-corrected chi connectivity index (χ1v) is 4.20. The van der Waals surface area contributed by atoms with Gasteiger partial charge in [-0.2, -0.15) is 0 Å². The predicted octanol–water partition coefficient (Wildman–Crippen LogP) is 0.684. The molecule has 0 unspecified atom stereocenters. The highest BCUT2D eigenvalue weighted by atomic mass is 16.3. The third-order valence-electron chi connectivity index (χ3n) is 1.69. The van der Waals surface area contributed by atoms with Crippen molar-refractivity contribution in [1.29, 1.82) is 0 Å². The number of hydrogen-bond acceptors (Lipinski definition) is 2. The summed E-state index contributed by atoms with van der Waals surface area (Å²) < 4.78 is 0. The van der Waals surface area contributed by atoms with Gasteiger partial charge in [0.1, 0.15) is 6.10 Å². The minimum absolute atomic E-state index is 0.344. The fourth-order valence-electron chi connectivity index (χ4n) is 0.933. The van der Waals surface area contributed by atoms with Gasteiger partial charge in [0, 0.05) is 6.54 Å². The summed E-state index contributed by atoms with van der Waals surface area (Å²) in [4.78, 5) is 11.0. The molecule has 3 heteroatoms. The van der Waals surface area contributed by atoms with Gasteiger partial charge in [0.15, 0.2) is 0 Å². The normalized spacial score (nSPS) is 12.2. The first kappa shape index (κ1) is 9.74. The Morgan fingerprint density at radius 1 is 1.46 bits per heavy atom. The summed E-state index contributed by atoms with van der Waals surface area (Å²) in [7, 11) is 0. The zero-order valence-electron chi connectivity index (χ0n) is 7.53. The van der Waals surface area contributed by atoms with E-state index in [4.69, 9.17) is 5.11 Å². The van der Waals surface area contributed by atoms with Gasteiger partial charge < -0.3 is 10.4 Å². The zero-order chi connectivity index (χ0) is 9.68. The van der Waals surface area contributed by atoms with Crippen LogP contribution in [-0.4, -0.2) is 17.1 Å². The highest BCUT2D eigenvalue weighted by Crippen LogP contribution is 1.97. The minimum Gasteiger partial charge on any atom is -0.384 e. The molecule has 1 atom stereocenters. The lowest BCUT2D eigenvalue weighted by molar-refractivity contribution is -0.128. The number of carbonyl (C=O) groups excluding carboxylic acids is 1. The SMILES string of the molecule is C[C@H](O)C(=O)NCc1ccccc1. The number of carbonyl (C=O) groups is 1. The number of aliphatic hydroxyl groups is 1. The number of rotatable bonds is 3. The number of hydrogen-bond donors (Lipinski definition) is 2. The van der Waals surface area contributed by atoms with Crippen LogP contribution in [0.3, 0.4) is 0 Å². The summed E-state index contributed by atoms with van der Waals surface area (Å²) in [6.07, 6.45) is -0.941. The first-order valence-electron chi connectivity index (χ1n) is 4.20. The molecule has 2 N–H and O–H groups in total. The van der Waals surface area contributed by atoms with Gasteiger partial charge in [-0.3, -0.25) is 4.79 Å². The topological polar surface area (TPSA) is 49.3 Å². The molecule has 0 bridgehead atoms. The summed E-state index contributed by atoms with van der Waals surface area (Å²) in [5, 5.41) is 11.5. The van der Waals surface area contributed by atoms with Crippen LogP contribution in [0.15, 0.2) is 30.3 Å². The number of amides is 1. The molecule has 0 saturated carbocycles. The highest BCUT2D eigenvalue weighted by molar-refractivity contribution is 5.79. The van der Waals surface area contributed by atoms with Crippen molar-refractivity contribution in [2.24, 2.45) is 0 Å². The standard InChI is InChI=1S/C10H13NO2/c1-8(12)10(13)11-7-9-5-3-2-4-6-9/h2-6,8,12H,7H2,1H3,(H,11,13)/t8-/m0/s1. The molecule has 0 spiro atoms. The van der Waals surface area contributed by atoms with E-state index in [1.165, 1.54) is 6.92 Å². The van der Waals surface area contributed by atoms with Crippen molar-refractivity contribution in [2.75, 3.05) is 0 Å². The average Bonchev–Trinajstić information content (AvgIpc) is 2.15. The van der Waals surface area contributed by atoms with Gasteiger partial charge in [-0.15, -0.1) is 0 Å². The molecule has 0 aliphatic rings. The Bertz CT molecular complexity index is 270. The summed E-state index contributed by atoms with van der Waals surface area (Å²) in [6, 6.07) is 9.57. The molecule has 1 aromatic rings. The van der Waals surface area contributed by atoms with Crippen molar-refractivity contribution >= 4 is 5.91 Å². The van der Waals surface area contributed by atoms with Gasteiger partial charge in [0.05, 0.1) is 0 Å².